The van der Waals surface area contributed by atoms with Crippen LogP contribution in [0.25, 0.3) is 0 Å². The Morgan fingerprint density at radius 1 is 1.17 bits per heavy atom. The summed E-state index contributed by atoms with van der Waals surface area (Å²) in [5, 5.41) is 0. The lowest BCUT2D eigenvalue weighted by molar-refractivity contribution is 1.29. The van der Waals surface area contributed by atoms with Crippen molar-refractivity contribution in [3.63, 3.8) is 0 Å². The zero-order chi connectivity index (χ0) is 9.35. The summed E-state index contributed by atoms with van der Waals surface area (Å²) in [6.07, 6.45) is 0. The molecule has 0 spiro atoms. The van der Waals surface area contributed by atoms with Gasteiger partial charge in [0.15, 0.2) is 2.69 Å². The van der Waals surface area contributed by atoms with Gasteiger partial charge in [-0.3, -0.25) is 0 Å². The molecule has 0 aliphatic carbocycles. The Kier molecular flexibility index (Phi) is 4.12. The molecule has 0 unspecified atom stereocenters. The molecule has 0 bridgehead atoms. The maximum atomic E-state index is 6.00. The predicted octanol–water partition coefficient (Wildman–Crippen LogP) is 5.35. The molecule has 12 heavy (non-hydrogen) atoms. The second-order valence-corrected chi connectivity index (χ2v) is 8.82. The van der Waals surface area contributed by atoms with Crippen LogP contribution in [0.2, 0.25) is 0 Å². The largest absolute Gasteiger partial charge is 0.179 e. The monoisotopic (exact) mass is 438 g/mol. The van der Waals surface area contributed by atoms with Crippen molar-refractivity contribution in [2.45, 2.75) is 2.69 Å². The molecule has 0 heterocycles. The van der Waals surface area contributed by atoms with E-state index in [-0.39, 0.29) is 0 Å². The third-order valence-corrected chi connectivity index (χ3v) is 3.44. The van der Waals surface area contributed by atoms with Gasteiger partial charge >= 0.3 is 0 Å². The van der Waals surface area contributed by atoms with E-state index in [1.807, 2.05) is 18.2 Å². The minimum atomic E-state index is -0.695. The van der Waals surface area contributed by atoms with Gasteiger partial charge in [-0.1, -0.05) is 49.5 Å². The molecular weight excluding hydrogens is 439 g/mol. The Morgan fingerprint density at radius 2 is 1.75 bits per heavy atom. The van der Waals surface area contributed by atoms with Crippen LogP contribution in [-0.2, 0) is 2.69 Å². The SMILES string of the molecule is ClC(Br)(Br)c1ccc(Br)cc1Br. The van der Waals surface area contributed by atoms with Crippen molar-refractivity contribution in [2.75, 3.05) is 0 Å². The molecule has 0 saturated heterocycles. The summed E-state index contributed by atoms with van der Waals surface area (Å²) < 4.78 is 1.26. The molecule has 5 heteroatoms. The Labute approximate surface area is 110 Å². The van der Waals surface area contributed by atoms with E-state index in [2.05, 4.69) is 63.7 Å². The minimum Gasteiger partial charge on any atom is -0.0885 e. The number of alkyl halides is 3. The van der Waals surface area contributed by atoms with E-state index in [0.29, 0.717) is 0 Å². The van der Waals surface area contributed by atoms with Gasteiger partial charge < -0.3 is 0 Å². The fraction of sp³-hybridized carbons (Fsp3) is 0.143. The normalized spacial score (nSPS) is 11.8. The second-order valence-electron chi connectivity index (χ2n) is 2.12. The first-order valence-electron chi connectivity index (χ1n) is 2.93. The molecule has 0 N–H and O–H groups in total. The van der Waals surface area contributed by atoms with Crippen molar-refractivity contribution in [1.82, 2.24) is 0 Å². The second kappa shape index (κ2) is 4.30. The van der Waals surface area contributed by atoms with Gasteiger partial charge in [0.1, 0.15) is 0 Å². The van der Waals surface area contributed by atoms with Crippen LogP contribution in [0, 0.1) is 0 Å². The lowest BCUT2D eigenvalue weighted by Gasteiger charge is -2.13. The van der Waals surface area contributed by atoms with Gasteiger partial charge in [-0.2, -0.15) is 0 Å². The van der Waals surface area contributed by atoms with Crippen LogP contribution >= 0.6 is 75.3 Å². The molecule has 66 valence electrons. The molecule has 0 atom stereocenters. The van der Waals surface area contributed by atoms with Crippen LogP contribution in [0.3, 0.4) is 0 Å². The number of halogens is 5. The summed E-state index contributed by atoms with van der Waals surface area (Å²) in [6, 6.07) is 5.79. The smallest absolute Gasteiger partial charge is 0.0885 e. The Hall–Kier alpha value is 1.43. The third-order valence-electron chi connectivity index (χ3n) is 1.24. The van der Waals surface area contributed by atoms with Crippen molar-refractivity contribution in [3.05, 3.63) is 32.7 Å². The van der Waals surface area contributed by atoms with E-state index in [1.54, 1.807) is 0 Å². The third kappa shape index (κ3) is 2.98. The number of hydrogen-bond donors (Lipinski definition) is 0. The van der Waals surface area contributed by atoms with Gasteiger partial charge in [0.05, 0.1) is 0 Å². The van der Waals surface area contributed by atoms with Crippen LogP contribution < -0.4 is 0 Å². The highest BCUT2D eigenvalue weighted by molar-refractivity contribution is 9.25. The summed E-state index contributed by atoms with van der Waals surface area (Å²) in [5.41, 5.74) is 0.937. The molecule has 0 aliphatic rings. The fourth-order valence-electron chi connectivity index (χ4n) is 0.719. The highest BCUT2D eigenvalue weighted by Gasteiger charge is 2.23. The lowest BCUT2D eigenvalue weighted by atomic mass is 10.2. The van der Waals surface area contributed by atoms with Gasteiger partial charge in [-0.25, -0.2) is 0 Å². The topological polar surface area (TPSA) is 0 Å². The van der Waals surface area contributed by atoms with Crippen LogP contribution in [0.15, 0.2) is 27.1 Å². The average molecular weight is 442 g/mol. The highest BCUT2D eigenvalue weighted by atomic mass is 79.9. The molecular formula is C7H3Br4Cl. The molecule has 0 aromatic heterocycles. The quantitative estimate of drug-likeness (QED) is 0.515. The molecule has 1 aromatic carbocycles. The van der Waals surface area contributed by atoms with Crippen LogP contribution in [0.1, 0.15) is 5.56 Å². The van der Waals surface area contributed by atoms with Gasteiger partial charge in [-0.15, -0.1) is 0 Å². The first kappa shape index (κ1) is 11.5. The van der Waals surface area contributed by atoms with Gasteiger partial charge in [0, 0.05) is 14.5 Å². The van der Waals surface area contributed by atoms with Gasteiger partial charge in [0.2, 0.25) is 0 Å². The van der Waals surface area contributed by atoms with E-state index in [4.69, 9.17) is 11.6 Å². The maximum Gasteiger partial charge on any atom is 0.179 e. The van der Waals surface area contributed by atoms with Crippen LogP contribution in [-0.4, -0.2) is 0 Å². The molecule has 1 rings (SSSR count). The van der Waals surface area contributed by atoms with Crippen molar-refractivity contribution >= 4 is 75.3 Å². The zero-order valence-electron chi connectivity index (χ0n) is 5.62. The number of hydrogen-bond acceptors (Lipinski definition) is 0. The van der Waals surface area contributed by atoms with Crippen molar-refractivity contribution in [3.8, 4) is 0 Å². The summed E-state index contributed by atoms with van der Waals surface area (Å²) in [6.45, 7) is 0. The van der Waals surface area contributed by atoms with E-state index in [0.717, 1.165) is 14.5 Å². The molecule has 1 aromatic rings. The summed E-state index contributed by atoms with van der Waals surface area (Å²) in [4.78, 5) is 0. The molecule has 0 fully saturated rings. The van der Waals surface area contributed by atoms with Crippen LogP contribution in [0.5, 0.6) is 0 Å². The average Bonchev–Trinajstić information content (AvgIpc) is 1.83. The standard InChI is InChI=1S/C7H3Br4Cl/c8-4-1-2-5(6(9)3-4)7(10,11)12/h1-3H. The minimum absolute atomic E-state index is 0.695. The highest BCUT2D eigenvalue weighted by Crippen LogP contribution is 2.45. The van der Waals surface area contributed by atoms with Gasteiger partial charge in [0.25, 0.3) is 0 Å². The Bertz CT molecular complexity index is 292. The van der Waals surface area contributed by atoms with Gasteiger partial charge in [-0.05, 0) is 44.0 Å². The van der Waals surface area contributed by atoms with E-state index < -0.39 is 2.69 Å². The summed E-state index contributed by atoms with van der Waals surface area (Å²) in [7, 11) is 0. The molecule has 0 saturated carbocycles. The van der Waals surface area contributed by atoms with Crippen LogP contribution in [0.4, 0.5) is 0 Å². The first-order chi connectivity index (χ1) is 5.41. The van der Waals surface area contributed by atoms with E-state index in [1.165, 1.54) is 0 Å². The van der Waals surface area contributed by atoms with E-state index in [9.17, 15) is 0 Å². The van der Waals surface area contributed by atoms with Crippen molar-refractivity contribution < 1.29 is 0 Å². The lowest BCUT2D eigenvalue weighted by Crippen LogP contribution is -1.98. The Balaban J connectivity index is 3.19. The summed E-state index contributed by atoms with van der Waals surface area (Å²) in [5.74, 6) is 0. The first-order valence-corrected chi connectivity index (χ1v) is 6.48. The molecule has 0 radical (unpaired) electrons. The zero-order valence-corrected chi connectivity index (χ0v) is 12.7. The molecule has 0 nitrogen and oxygen atoms in total. The van der Waals surface area contributed by atoms with Crippen molar-refractivity contribution in [2.24, 2.45) is 0 Å². The summed E-state index contributed by atoms with van der Waals surface area (Å²) >= 11 is 19.4. The maximum absolute atomic E-state index is 6.00. The number of rotatable bonds is 1. The Morgan fingerprint density at radius 3 is 2.17 bits per heavy atom. The van der Waals surface area contributed by atoms with E-state index >= 15 is 0 Å². The molecule has 0 amide bonds. The molecule has 0 aliphatic heterocycles. The van der Waals surface area contributed by atoms with Crippen molar-refractivity contribution in [1.29, 1.82) is 0 Å². The predicted molar refractivity (Wildman–Crippen MR) is 67.2 cm³/mol. The fourth-order valence-corrected chi connectivity index (χ4v) is 3.57. The number of benzene rings is 1.